The summed E-state index contributed by atoms with van der Waals surface area (Å²) in [6, 6.07) is 13.2. The third kappa shape index (κ3) is 3.18. The first-order valence-electron chi connectivity index (χ1n) is 9.55. The van der Waals surface area contributed by atoms with Crippen molar-refractivity contribution in [1.29, 1.82) is 0 Å². The largest absolute Gasteiger partial charge is 0.361 e. The van der Waals surface area contributed by atoms with Crippen molar-refractivity contribution in [3.8, 4) is 11.4 Å². The Morgan fingerprint density at radius 3 is 2.86 bits per heavy atom. The average Bonchev–Trinajstić information content (AvgIpc) is 3.10. The number of rotatable bonds is 3. The minimum Gasteiger partial charge on any atom is -0.361 e. The van der Waals surface area contributed by atoms with Crippen molar-refractivity contribution in [2.24, 2.45) is 0 Å². The van der Waals surface area contributed by atoms with Gasteiger partial charge in [0.05, 0.1) is 5.69 Å². The quantitative estimate of drug-likeness (QED) is 0.570. The molecular formula is C23H21FN4. The van der Waals surface area contributed by atoms with E-state index in [1.807, 2.05) is 12.4 Å². The summed E-state index contributed by atoms with van der Waals surface area (Å²) >= 11 is 0. The first-order chi connectivity index (χ1) is 13.7. The Kier molecular flexibility index (Phi) is 4.17. The van der Waals surface area contributed by atoms with E-state index in [-0.39, 0.29) is 5.82 Å². The van der Waals surface area contributed by atoms with Crippen molar-refractivity contribution in [3.05, 3.63) is 83.1 Å². The van der Waals surface area contributed by atoms with Crippen molar-refractivity contribution in [2.45, 2.75) is 26.4 Å². The molecule has 5 rings (SSSR count). The van der Waals surface area contributed by atoms with Crippen molar-refractivity contribution in [3.63, 3.8) is 0 Å². The SMILES string of the molecule is Cc1ccc(-c2ncc3c(n2)CN(Cc2c[nH]c4ccc(F)cc24)CC3)cc1. The number of benzene rings is 2. The number of nitrogens with one attached hydrogen (secondary N) is 1. The summed E-state index contributed by atoms with van der Waals surface area (Å²) in [6.07, 6.45) is 4.88. The number of fused-ring (bicyclic) bond motifs is 2. The van der Waals surface area contributed by atoms with Gasteiger partial charge in [0, 0.05) is 48.5 Å². The first-order valence-corrected chi connectivity index (χ1v) is 9.55. The molecule has 140 valence electrons. The molecule has 2 aromatic heterocycles. The van der Waals surface area contributed by atoms with Crippen LogP contribution in [0.5, 0.6) is 0 Å². The Balaban J connectivity index is 1.40. The molecule has 1 N–H and O–H groups in total. The third-order valence-electron chi connectivity index (χ3n) is 5.46. The Labute approximate surface area is 163 Å². The van der Waals surface area contributed by atoms with Crippen LogP contribution in [0.4, 0.5) is 4.39 Å². The number of aromatic nitrogens is 3. The highest BCUT2D eigenvalue weighted by molar-refractivity contribution is 5.83. The molecule has 0 fully saturated rings. The molecule has 0 unspecified atom stereocenters. The molecular weight excluding hydrogens is 351 g/mol. The second-order valence-corrected chi connectivity index (χ2v) is 7.50. The first kappa shape index (κ1) is 17.1. The Bertz CT molecular complexity index is 1150. The smallest absolute Gasteiger partial charge is 0.159 e. The minimum atomic E-state index is -0.201. The molecule has 0 saturated heterocycles. The molecule has 0 radical (unpaired) electrons. The maximum absolute atomic E-state index is 13.7. The summed E-state index contributed by atoms with van der Waals surface area (Å²) in [6.45, 7) is 4.57. The number of hydrogen-bond acceptors (Lipinski definition) is 3. The van der Waals surface area contributed by atoms with Gasteiger partial charge < -0.3 is 4.98 Å². The fourth-order valence-electron chi connectivity index (χ4n) is 3.86. The Hall–Kier alpha value is -3.05. The predicted octanol–water partition coefficient (Wildman–Crippen LogP) is 4.63. The van der Waals surface area contributed by atoms with Gasteiger partial charge in [-0.3, -0.25) is 4.90 Å². The molecule has 0 atom stereocenters. The average molecular weight is 372 g/mol. The van der Waals surface area contributed by atoms with Crippen molar-refractivity contribution >= 4 is 10.9 Å². The van der Waals surface area contributed by atoms with Gasteiger partial charge in [0.1, 0.15) is 5.82 Å². The van der Waals surface area contributed by atoms with E-state index in [0.717, 1.165) is 59.6 Å². The summed E-state index contributed by atoms with van der Waals surface area (Å²) < 4.78 is 13.7. The maximum Gasteiger partial charge on any atom is 0.159 e. The van der Waals surface area contributed by atoms with E-state index in [1.165, 1.54) is 17.2 Å². The summed E-state index contributed by atoms with van der Waals surface area (Å²) in [4.78, 5) is 15.0. The topological polar surface area (TPSA) is 44.8 Å². The van der Waals surface area contributed by atoms with Gasteiger partial charge in [-0.1, -0.05) is 29.8 Å². The van der Waals surface area contributed by atoms with E-state index in [0.29, 0.717) is 0 Å². The Morgan fingerprint density at radius 1 is 1.14 bits per heavy atom. The van der Waals surface area contributed by atoms with E-state index < -0.39 is 0 Å². The summed E-state index contributed by atoms with van der Waals surface area (Å²) in [5.41, 5.74) is 6.66. The molecule has 3 heterocycles. The second-order valence-electron chi connectivity index (χ2n) is 7.50. The van der Waals surface area contributed by atoms with Gasteiger partial charge in [-0.05, 0) is 42.7 Å². The molecule has 4 nitrogen and oxygen atoms in total. The van der Waals surface area contributed by atoms with Crippen molar-refractivity contribution in [2.75, 3.05) is 6.54 Å². The zero-order valence-corrected chi connectivity index (χ0v) is 15.7. The van der Waals surface area contributed by atoms with Crippen LogP contribution in [-0.2, 0) is 19.5 Å². The Morgan fingerprint density at radius 2 is 2.00 bits per heavy atom. The van der Waals surface area contributed by atoms with Gasteiger partial charge >= 0.3 is 0 Å². The van der Waals surface area contributed by atoms with E-state index in [4.69, 9.17) is 4.98 Å². The molecule has 2 aromatic carbocycles. The van der Waals surface area contributed by atoms with Gasteiger partial charge in [-0.2, -0.15) is 0 Å². The van der Waals surface area contributed by atoms with Crippen LogP contribution in [0.25, 0.3) is 22.3 Å². The predicted molar refractivity (Wildman–Crippen MR) is 108 cm³/mol. The lowest BCUT2D eigenvalue weighted by Gasteiger charge is -2.27. The molecule has 0 spiro atoms. The van der Waals surface area contributed by atoms with Crippen LogP contribution in [0.15, 0.2) is 54.9 Å². The molecule has 1 aliphatic rings. The standard InChI is InChI=1S/C23H21FN4/c1-15-2-4-16(5-3-15)23-26-11-17-8-9-28(14-22(17)27-23)13-18-12-25-21-7-6-19(24)10-20(18)21/h2-7,10-12,25H,8-9,13-14H2,1H3. The lowest BCUT2D eigenvalue weighted by atomic mass is 10.0. The molecule has 28 heavy (non-hydrogen) atoms. The highest BCUT2D eigenvalue weighted by Crippen LogP contribution is 2.25. The van der Waals surface area contributed by atoms with Gasteiger partial charge in [0.15, 0.2) is 5.82 Å². The van der Waals surface area contributed by atoms with E-state index in [2.05, 4.69) is 46.1 Å². The number of halogens is 1. The zero-order chi connectivity index (χ0) is 19.1. The maximum atomic E-state index is 13.7. The molecule has 0 bridgehead atoms. The number of nitrogens with zero attached hydrogens (tertiary/aromatic N) is 3. The molecule has 4 aromatic rings. The summed E-state index contributed by atoms with van der Waals surface area (Å²) in [7, 11) is 0. The molecule has 0 amide bonds. The van der Waals surface area contributed by atoms with Crippen LogP contribution in [0.1, 0.15) is 22.4 Å². The van der Waals surface area contributed by atoms with Crippen LogP contribution in [0.3, 0.4) is 0 Å². The van der Waals surface area contributed by atoms with Gasteiger partial charge in [-0.25, -0.2) is 14.4 Å². The molecule has 1 aliphatic heterocycles. The van der Waals surface area contributed by atoms with Crippen LogP contribution < -0.4 is 0 Å². The molecule has 0 aliphatic carbocycles. The number of aryl methyl sites for hydroxylation is 1. The van der Waals surface area contributed by atoms with Crippen LogP contribution >= 0.6 is 0 Å². The number of aromatic amines is 1. The second kappa shape index (κ2) is 6.84. The fraction of sp³-hybridized carbons (Fsp3) is 0.217. The lowest BCUT2D eigenvalue weighted by molar-refractivity contribution is 0.242. The van der Waals surface area contributed by atoms with Gasteiger partial charge in [0.25, 0.3) is 0 Å². The van der Waals surface area contributed by atoms with Crippen LogP contribution in [0, 0.1) is 12.7 Å². The van der Waals surface area contributed by atoms with Crippen molar-refractivity contribution in [1.82, 2.24) is 19.9 Å². The highest BCUT2D eigenvalue weighted by atomic mass is 19.1. The number of hydrogen-bond donors (Lipinski definition) is 1. The fourth-order valence-corrected chi connectivity index (χ4v) is 3.86. The molecule has 5 heteroatoms. The normalized spacial score (nSPS) is 14.4. The van der Waals surface area contributed by atoms with E-state index >= 15 is 0 Å². The molecule has 0 saturated carbocycles. The van der Waals surface area contributed by atoms with Crippen molar-refractivity contribution < 1.29 is 4.39 Å². The zero-order valence-electron chi connectivity index (χ0n) is 15.7. The summed E-state index contributed by atoms with van der Waals surface area (Å²) in [5.74, 6) is 0.572. The summed E-state index contributed by atoms with van der Waals surface area (Å²) in [5, 5.41) is 0.953. The number of H-pyrrole nitrogens is 1. The monoisotopic (exact) mass is 372 g/mol. The van der Waals surface area contributed by atoms with E-state index in [9.17, 15) is 4.39 Å². The minimum absolute atomic E-state index is 0.201. The highest BCUT2D eigenvalue weighted by Gasteiger charge is 2.20. The van der Waals surface area contributed by atoms with Crippen LogP contribution in [0.2, 0.25) is 0 Å². The lowest BCUT2D eigenvalue weighted by Crippen LogP contribution is -2.31. The van der Waals surface area contributed by atoms with Gasteiger partial charge in [-0.15, -0.1) is 0 Å². The third-order valence-corrected chi connectivity index (χ3v) is 5.46. The van der Waals surface area contributed by atoms with E-state index in [1.54, 1.807) is 12.1 Å². The van der Waals surface area contributed by atoms with Crippen LogP contribution in [-0.4, -0.2) is 26.4 Å². The van der Waals surface area contributed by atoms with Gasteiger partial charge in [0.2, 0.25) is 0 Å².